The van der Waals surface area contributed by atoms with Crippen LogP contribution in [-0.4, -0.2) is 9.55 Å². The maximum absolute atomic E-state index is 9.34. The van der Waals surface area contributed by atoms with E-state index in [0.717, 1.165) is 27.6 Å². The second-order valence-electron chi connectivity index (χ2n) is 4.92. The number of fused-ring (bicyclic) bond motifs is 1. The number of nitriles is 1. The van der Waals surface area contributed by atoms with Gasteiger partial charge in [-0.25, -0.2) is 4.98 Å². The van der Waals surface area contributed by atoms with Crippen LogP contribution in [0.2, 0.25) is 0 Å². The number of rotatable bonds is 3. The van der Waals surface area contributed by atoms with Gasteiger partial charge in [-0.3, -0.25) is 0 Å². The van der Waals surface area contributed by atoms with Crippen molar-refractivity contribution in [3.63, 3.8) is 0 Å². The summed E-state index contributed by atoms with van der Waals surface area (Å²) in [5, 5.41) is 11.4. The van der Waals surface area contributed by atoms with E-state index in [1.165, 1.54) is 0 Å². The van der Waals surface area contributed by atoms with Gasteiger partial charge in [0.2, 0.25) is 0 Å². The van der Waals surface area contributed by atoms with Gasteiger partial charge in [-0.1, -0.05) is 30.3 Å². The lowest BCUT2D eigenvalue weighted by molar-refractivity contribution is 0.790. The van der Waals surface area contributed by atoms with Gasteiger partial charge in [0, 0.05) is 6.54 Å². The van der Waals surface area contributed by atoms with Gasteiger partial charge in [-0.2, -0.15) is 5.26 Å². The summed E-state index contributed by atoms with van der Waals surface area (Å²) in [6.45, 7) is 2.69. The average molecular weight is 273 g/mol. The van der Waals surface area contributed by atoms with Crippen LogP contribution < -0.4 is 0 Å². The molecule has 0 spiro atoms. The molecule has 3 rings (SSSR count). The molecule has 21 heavy (non-hydrogen) atoms. The first-order valence-corrected chi connectivity index (χ1v) is 6.86. The summed E-state index contributed by atoms with van der Waals surface area (Å²) in [6, 6.07) is 14.4. The van der Waals surface area contributed by atoms with Crippen LogP contribution in [0.25, 0.3) is 16.8 Å². The summed E-state index contributed by atoms with van der Waals surface area (Å²) in [4.78, 5) is 4.19. The molecule has 0 bridgehead atoms. The lowest BCUT2D eigenvalue weighted by atomic mass is 10.0. The van der Waals surface area contributed by atoms with E-state index in [-0.39, 0.29) is 0 Å². The number of imidazole rings is 1. The standard InChI is InChI=1S/C18H15N3/c1-2-5-17-11-20-13-21(17)12-14-8-15-6-3-4-7-18(15)16(9-14)10-19/h2-9,11,13H,12H2,1H3. The van der Waals surface area contributed by atoms with Crippen molar-refractivity contribution in [2.24, 2.45) is 0 Å². The SMILES string of the molecule is CC=Cc1cncn1Cc1cc(C#N)c2ccccc2c1. The average Bonchev–Trinajstić information content (AvgIpc) is 2.94. The number of aromatic nitrogens is 2. The number of hydrogen-bond acceptors (Lipinski definition) is 2. The third kappa shape index (κ3) is 2.56. The van der Waals surface area contributed by atoms with Crippen LogP contribution in [0.3, 0.4) is 0 Å². The van der Waals surface area contributed by atoms with Gasteiger partial charge < -0.3 is 4.57 Å². The monoisotopic (exact) mass is 273 g/mol. The molecule has 0 fully saturated rings. The largest absolute Gasteiger partial charge is 0.327 e. The zero-order valence-corrected chi connectivity index (χ0v) is 11.8. The van der Waals surface area contributed by atoms with Crippen LogP contribution in [0.5, 0.6) is 0 Å². The van der Waals surface area contributed by atoms with E-state index < -0.39 is 0 Å². The van der Waals surface area contributed by atoms with E-state index in [2.05, 4.69) is 21.7 Å². The minimum Gasteiger partial charge on any atom is -0.327 e. The molecule has 3 nitrogen and oxygen atoms in total. The number of benzene rings is 2. The fraction of sp³-hybridized carbons (Fsp3) is 0.111. The molecule has 3 heteroatoms. The first-order valence-electron chi connectivity index (χ1n) is 6.86. The quantitative estimate of drug-likeness (QED) is 0.724. The summed E-state index contributed by atoms with van der Waals surface area (Å²) in [5.41, 5.74) is 2.88. The zero-order chi connectivity index (χ0) is 14.7. The molecule has 102 valence electrons. The molecule has 0 saturated carbocycles. The van der Waals surface area contributed by atoms with Crippen molar-refractivity contribution in [1.29, 1.82) is 5.26 Å². The molecule has 0 aliphatic carbocycles. The molecule has 3 aromatic rings. The molecule has 0 aliphatic heterocycles. The Kier molecular flexibility index (Phi) is 3.53. The molecule has 0 N–H and O–H groups in total. The van der Waals surface area contributed by atoms with Crippen molar-refractivity contribution in [2.75, 3.05) is 0 Å². The lowest BCUT2D eigenvalue weighted by Gasteiger charge is -2.08. The van der Waals surface area contributed by atoms with Crippen molar-refractivity contribution >= 4 is 16.8 Å². The second-order valence-corrected chi connectivity index (χ2v) is 4.92. The Hall–Kier alpha value is -2.86. The molecule has 0 saturated heterocycles. The zero-order valence-electron chi connectivity index (χ0n) is 11.8. The molecule has 1 heterocycles. The fourth-order valence-electron chi connectivity index (χ4n) is 2.53. The van der Waals surface area contributed by atoms with Crippen LogP contribution in [0.15, 0.2) is 55.0 Å². The van der Waals surface area contributed by atoms with Gasteiger partial charge in [0.1, 0.15) is 0 Å². The van der Waals surface area contributed by atoms with Crippen LogP contribution in [0.4, 0.5) is 0 Å². The number of allylic oxidation sites excluding steroid dienone is 1. The van der Waals surface area contributed by atoms with E-state index >= 15 is 0 Å². The van der Waals surface area contributed by atoms with Gasteiger partial charge in [-0.05, 0) is 41.5 Å². The summed E-state index contributed by atoms with van der Waals surface area (Å²) in [6.07, 6.45) is 7.68. The lowest BCUT2D eigenvalue weighted by Crippen LogP contribution is -2.01. The Morgan fingerprint density at radius 3 is 2.95 bits per heavy atom. The highest BCUT2D eigenvalue weighted by atomic mass is 15.0. The van der Waals surface area contributed by atoms with Gasteiger partial charge in [0.05, 0.1) is 29.9 Å². The van der Waals surface area contributed by atoms with Crippen LogP contribution in [-0.2, 0) is 6.54 Å². The third-order valence-corrected chi connectivity index (χ3v) is 3.48. The van der Waals surface area contributed by atoms with Gasteiger partial charge in [0.25, 0.3) is 0 Å². The van der Waals surface area contributed by atoms with Crippen molar-refractivity contribution in [3.8, 4) is 6.07 Å². The molecule has 0 atom stereocenters. The Morgan fingerprint density at radius 1 is 1.29 bits per heavy atom. The molecule has 0 aliphatic rings. The number of nitrogens with zero attached hydrogens (tertiary/aromatic N) is 3. The summed E-state index contributed by atoms with van der Waals surface area (Å²) in [5.74, 6) is 0. The Labute approximate surface area is 123 Å². The van der Waals surface area contributed by atoms with Gasteiger partial charge in [0.15, 0.2) is 0 Å². The smallest absolute Gasteiger partial charge is 0.0998 e. The molecule has 2 aromatic carbocycles. The predicted molar refractivity (Wildman–Crippen MR) is 84.7 cm³/mol. The minimum absolute atomic E-state index is 0.708. The summed E-state index contributed by atoms with van der Waals surface area (Å²) < 4.78 is 2.07. The predicted octanol–water partition coefficient (Wildman–Crippen LogP) is 3.99. The fourth-order valence-corrected chi connectivity index (χ4v) is 2.53. The van der Waals surface area contributed by atoms with Crippen molar-refractivity contribution in [2.45, 2.75) is 13.5 Å². The minimum atomic E-state index is 0.708. The number of hydrogen-bond donors (Lipinski definition) is 0. The van der Waals surface area contributed by atoms with Crippen LogP contribution >= 0.6 is 0 Å². The topological polar surface area (TPSA) is 41.6 Å². The highest BCUT2D eigenvalue weighted by Gasteiger charge is 2.05. The third-order valence-electron chi connectivity index (χ3n) is 3.48. The highest BCUT2D eigenvalue weighted by Crippen LogP contribution is 2.21. The highest BCUT2D eigenvalue weighted by molar-refractivity contribution is 5.88. The molecule has 0 unspecified atom stereocenters. The summed E-state index contributed by atoms with van der Waals surface area (Å²) >= 11 is 0. The van der Waals surface area contributed by atoms with Crippen molar-refractivity contribution in [1.82, 2.24) is 9.55 Å². The molecular weight excluding hydrogens is 258 g/mol. The van der Waals surface area contributed by atoms with E-state index in [9.17, 15) is 5.26 Å². The maximum Gasteiger partial charge on any atom is 0.0998 e. The Morgan fingerprint density at radius 2 is 2.14 bits per heavy atom. The molecule has 1 aromatic heterocycles. The van der Waals surface area contributed by atoms with E-state index in [4.69, 9.17) is 0 Å². The van der Waals surface area contributed by atoms with E-state index in [0.29, 0.717) is 6.54 Å². The molecule has 0 radical (unpaired) electrons. The van der Waals surface area contributed by atoms with Crippen LogP contribution in [0, 0.1) is 11.3 Å². The van der Waals surface area contributed by atoms with Gasteiger partial charge >= 0.3 is 0 Å². The second kappa shape index (κ2) is 5.64. The van der Waals surface area contributed by atoms with Crippen LogP contribution in [0.1, 0.15) is 23.7 Å². The summed E-state index contributed by atoms with van der Waals surface area (Å²) in [7, 11) is 0. The van der Waals surface area contributed by atoms with Crippen molar-refractivity contribution < 1.29 is 0 Å². The Balaban J connectivity index is 2.05. The maximum atomic E-state index is 9.34. The van der Waals surface area contributed by atoms with E-state index in [1.54, 1.807) is 0 Å². The normalized spacial score (nSPS) is 11.0. The first-order chi connectivity index (χ1) is 10.3. The van der Waals surface area contributed by atoms with Crippen molar-refractivity contribution in [3.05, 3.63) is 71.8 Å². The Bertz CT molecular complexity index is 850. The van der Waals surface area contributed by atoms with E-state index in [1.807, 2.05) is 61.9 Å². The molecule has 0 amide bonds. The van der Waals surface area contributed by atoms with Gasteiger partial charge in [-0.15, -0.1) is 0 Å². The first kappa shape index (κ1) is 13.1. The molecular formula is C18H15N3.